The zero-order valence-electron chi connectivity index (χ0n) is 21.1. The third-order valence-electron chi connectivity index (χ3n) is 5.30. The first-order chi connectivity index (χ1) is 16.9. The average Bonchev–Trinajstić information content (AvgIpc) is 2.77. The Kier molecular flexibility index (Phi) is 9.28. The van der Waals surface area contributed by atoms with E-state index in [1.54, 1.807) is 18.3 Å². The topological polar surface area (TPSA) is 85.4 Å². The Bertz CT molecular complexity index is 1270. The molecule has 1 unspecified atom stereocenters. The van der Waals surface area contributed by atoms with Crippen LogP contribution in [0.3, 0.4) is 0 Å². The van der Waals surface area contributed by atoms with Gasteiger partial charge in [0.2, 0.25) is 10.0 Å². The van der Waals surface area contributed by atoms with Gasteiger partial charge in [0.15, 0.2) is 0 Å². The first-order valence-corrected chi connectivity index (χ1v) is 13.8. The maximum absolute atomic E-state index is 12.8. The summed E-state index contributed by atoms with van der Waals surface area (Å²) in [4.78, 5) is 16.6. The van der Waals surface area contributed by atoms with Crippen molar-refractivity contribution >= 4 is 27.6 Å². The van der Waals surface area contributed by atoms with E-state index in [0.29, 0.717) is 24.3 Å². The molecule has 3 aromatic rings. The number of aromatic nitrogens is 1. The number of carbonyl (C=O) groups is 1. The largest absolute Gasteiger partial charge is 0.460 e. The Balaban J connectivity index is 1.77. The standard InChI is InChI=1S/C28H33ClN2O4S/c1-20(31-36(33,34)26-10-8-25(29)9-11-26)14-23-15-21(7-12-27(32)35-28(2,3)4)16-24(18-23)17-22-6-5-13-30-19-22/h5-6,8-11,13,15-16,18-20,31H,7,12,14,17H2,1-4H3. The SMILES string of the molecule is CC(Cc1cc(CCC(=O)OC(C)(C)C)cc(Cc2cccnc2)c1)NS(=O)(=O)c1ccc(Cl)cc1. The fraction of sp³-hybridized carbons (Fsp3) is 0.357. The third-order valence-corrected chi connectivity index (χ3v) is 7.16. The molecule has 1 heterocycles. The molecule has 1 atom stereocenters. The zero-order chi connectivity index (χ0) is 26.3. The van der Waals surface area contributed by atoms with Gasteiger partial charge in [-0.2, -0.15) is 0 Å². The lowest BCUT2D eigenvalue weighted by Crippen LogP contribution is -2.34. The van der Waals surface area contributed by atoms with Crippen LogP contribution in [0.15, 0.2) is 71.9 Å². The van der Waals surface area contributed by atoms with Crippen molar-refractivity contribution in [3.05, 3.63) is 94.3 Å². The number of carbonyl (C=O) groups excluding carboxylic acids is 1. The zero-order valence-corrected chi connectivity index (χ0v) is 22.7. The number of nitrogens with zero attached hydrogens (tertiary/aromatic N) is 1. The Morgan fingerprint density at radius 3 is 2.33 bits per heavy atom. The second kappa shape index (κ2) is 12.0. The number of aryl methyl sites for hydroxylation is 1. The van der Waals surface area contributed by atoms with Gasteiger partial charge in [-0.1, -0.05) is 35.9 Å². The predicted molar refractivity (Wildman–Crippen MR) is 143 cm³/mol. The first-order valence-electron chi connectivity index (χ1n) is 11.9. The fourth-order valence-electron chi connectivity index (χ4n) is 3.92. The summed E-state index contributed by atoms with van der Waals surface area (Å²) < 4.78 is 33.8. The molecular weight excluding hydrogens is 496 g/mol. The molecule has 6 nitrogen and oxygen atoms in total. The molecular formula is C28H33ClN2O4S. The summed E-state index contributed by atoms with van der Waals surface area (Å²) in [6, 6.07) is 15.8. The van der Waals surface area contributed by atoms with Gasteiger partial charge in [-0.05, 0) is 99.5 Å². The summed E-state index contributed by atoms with van der Waals surface area (Å²) in [5, 5.41) is 0.478. The Hall–Kier alpha value is -2.74. The van der Waals surface area contributed by atoms with Gasteiger partial charge in [0, 0.05) is 29.9 Å². The minimum Gasteiger partial charge on any atom is -0.460 e. The second-order valence-electron chi connectivity index (χ2n) is 9.96. The van der Waals surface area contributed by atoms with Crippen LogP contribution in [-0.2, 0) is 38.8 Å². The first kappa shape index (κ1) is 27.8. The van der Waals surface area contributed by atoms with E-state index in [2.05, 4.69) is 21.8 Å². The maximum Gasteiger partial charge on any atom is 0.306 e. The molecule has 1 aromatic heterocycles. The number of nitrogens with one attached hydrogen (secondary N) is 1. The smallest absolute Gasteiger partial charge is 0.306 e. The number of benzene rings is 2. The number of hydrogen-bond donors (Lipinski definition) is 1. The summed E-state index contributed by atoms with van der Waals surface area (Å²) in [7, 11) is -3.68. The number of halogens is 1. The third kappa shape index (κ3) is 9.04. The summed E-state index contributed by atoms with van der Waals surface area (Å²) in [5.74, 6) is -0.245. The van der Waals surface area contributed by atoms with Crippen molar-refractivity contribution in [2.24, 2.45) is 0 Å². The minimum absolute atomic E-state index is 0.169. The Morgan fingerprint density at radius 2 is 1.69 bits per heavy atom. The van der Waals surface area contributed by atoms with E-state index in [0.717, 1.165) is 22.3 Å². The van der Waals surface area contributed by atoms with Crippen LogP contribution in [0.1, 0.15) is 56.4 Å². The van der Waals surface area contributed by atoms with Crippen molar-refractivity contribution < 1.29 is 17.9 Å². The lowest BCUT2D eigenvalue weighted by Gasteiger charge is -2.19. The molecule has 0 aliphatic rings. The van der Waals surface area contributed by atoms with E-state index in [4.69, 9.17) is 16.3 Å². The van der Waals surface area contributed by atoms with Gasteiger partial charge in [-0.25, -0.2) is 13.1 Å². The number of sulfonamides is 1. The molecule has 0 saturated carbocycles. The fourth-order valence-corrected chi connectivity index (χ4v) is 5.29. The van der Waals surface area contributed by atoms with Crippen molar-refractivity contribution in [1.29, 1.82) is 0 Å². The van der Waals surface area contributed by atoms with E-state index < -0.39 is 15.6 Å². The lowest BCUT2D eigenvalue weighted by atomic mass is 9.96. The van der Waals surface area contributed by atoms with Crippen LogP contribution >= 0.6 is 11.6 Å². The summed E-state index contributed by atoms with van der Waals surface area (Å²) >= 11 is 5.89. The van der Waals surface area contributed by atoms with E-state index in [9.17, 15) is 13.2 Å². The van der Waals surface area contributed by atoms with E-state index >= 15 is 0 Å². The van der Waals surface area contributed by atoms with Gasteiger partial charge in [0.25, 0.3) is 0 Å². The van der Waals surface area contributed by atoms with Crippen LogP contribution in [0.4, 0.5) is 0 Å². The van der Waals surface area contributed by atoms with Gasteiger partial charge in [-0.3, -0.25) is 9.78 Å². The van der Waals surface area contributed by atoms with Crippen LogP contribution in [0, 0.1) is 0 Å². The molecule has 36 heavy (non-hydrogen) atoms. The highest BCUT2D eigenvalue weighted by molar-refractivity contribution is 7.89. The van der Waals surface area contributed by atoms with Gasteiger partial charge < -0.3 is 4.74 Å². The highest BCUT2D eigenvalue weighted by Crippen LogP contribution is 2.20. The summed E-state index contributed by atoms with van der Waals surface area (Å²) in [5.41, 5.74) is 3.62. The predicted octanol–water partition coefficient (Wildman–Crippen LogP) is 5.51. The highest BCUT2D eigenvalue weighted by atomic mass is 35.5. The van der Waals surface area contributed by atoms with Crippen LogP contribution in [-0.4, -0.2) is 31.0 Å². The molecule has 0 fully saturated rings. The van der Waals surface area contributed by atoms with Gasteiger partial charge in [0.05, 0.1) is 4.90 Å². The maximum atomic E-state index is 12.8. The number of rotatable bonds is 10. The second-order valence-corrected chi connectivity index (χ2v) is 12.1. The molecule has 0 aliphatic carbocycles. The van der Waals surface area contributed by atoms with E-state index in [-0.39, 0.29) is 23.3 Å². The monoisotopic (exact) mass is 528 g/mol. The molecule has 0 saturated heterocycles. The van der Waals surface area contributed by atoms with Gasteiger partial charge in [0.1, 0.15) is 5.60 Å². The van der Waals surface area contributed by atoms with Crippen molar-refractivity contribution in [3.8, 4) is 0 Å². The normalized spacial score (nSPS) is 12.8. The molecule has 8 heteroatoms. The van der Waals surface area contributed by atoms with E-state index in [1.807, 2.05) is 52.1 Å². The van der Waals surface area contributed by atoms with E-state index in [1.165, 1.54) is 12.1 Å². The molecule has 0 spiro atoms. The molecule has 1 N–H and O–H groups in total. The molecule has 0 amide bonds. The van der Waals surface area contributed by atoms with Crippen LogP contribution < -0.4 is 4.72 Å². The quantitative estimate of drug-likeness (QED) is 0.351. The molecule has 0 bridgehead atoms. The summed E-state index contributed by atoms with van der Waals surface area (Å²) in [6.07, 6.45) is 5.55. The number of hydrogen-bond acceptors (Lipinski definition) is 5. The molecule has 3 rings (SSSR count). The summed E-state index contributed by atoms with van der Waals surface area (Å²) in [6.45, 7) is 7.39. The average molecular weight is 529 g/mol. The Labute approximate surface area is 219 Å². The highest BCUT2D eigenvalue weighted by Gasteiger charge is 2.19. The Morgan fingerprint density at radius 1 is 1.03 bits per heavy atom. The van der Waals surface area contributed by atoms with Crippen molar-refractivity contribution in [1.82, 2.24) is 9.71 Å². The number of ether oxygens (including phenoxy) is 1. The molecule has 0 radical (unpaired) electrons. The van der Waals surface area contributed by atoms with Crippen molar-refractivity contribution in [3.63, 3.8) is 0 Å². The molecule has 2 aromatic carbocycles. The number of esters is 1. The van der Waals surface area contributed by atoms with Crippen LogP contribution in [0.25, 0.3) is 0 Å². The van der Waals surface area contributed by atoms with Crippen LogP contribution in [0.2, 0.25) is 5.02 Å². The van der Waals surface area contributed by atoms with Crippen molar-refractivity contribution in [2.75, 3.05) is 0 Å². The van der Waals surface area contributed by atoms with Crippen LogP contribution in [0.5, 0.6) is 0 Å². The van der Waals surface area contributed by atoms with Gasteiger partial charge in [-0.15, -0.1) is 0 Å². The molecule has 0 aliphatic heterocycles. The molecule has 192 valence electrons. The lowest BCUT2D eigenvalue weighted by molar-refractivity contribution is -0.154. The van der Waals surface area contributed by atoms with Gasteiger partial charge >= 0.3 is 5.97 Å². The number of pyridine rings is 1. The van der Waals surface area contributed by atoms with Crippen molar-refractivity contribution in [2.45, 2.75) is 69.9 Å². The minimum atomic E-state index is -3.68.